The van der Waals surface area contributed by atoms with Crippen molar-refractivity contribution in [3.63, 3.8) is 0 Å². The van der Waals surface area contributed by atoms with Gasteiger partial charge in [-0.1, -0.05) is 42.5 Å². The van der Waals surface area contributed by atoms with Crippen molar-refractivity contribution in [2.24, 2.45) is 0 Å². The summed E-state index contributed by atoms with van der Waals surface area (Å²) in [4.78, 5) is 29.3. The fourth-order valence-electron chi connectivity index (χ4n) is 3.11. The number of hydrogen-bond acceptors (Lipinski definition) is 4. The van der Waals surface area contributed by atoms with Crippen LogP contribution in [-0.2, 0) is 11.3 Å². The molecule has 0 saturated carbocycles. The van der Waals surface area contributed by atoms with Crippen LogP contribution in [0.25, 0.3) is 10.9 Å². The summed E-state index contributed by atoms with van der Waals surface area (Å²) in [5, 5.41) is 3.44. The highest BCUT2D eigenvalue weighted by molar-refractivity contribution is 5.94. The molecule has 1 amide bonds. The monoisotopic (exact) mass is 399 g/mol. The SMILES string of the molecule is CC(Oc1ccccc1)C(=O)Nc1ccc(Cn2cnc3ccccc3c2=O)cc1. The fraction of sp³-hybridized carbons (Fsp3) is 0.125. The second-order valence-corrected chi connectivity index (χ2v) is 6.95. The Labute approximate surface area is 173 Å². The molecule has 0 fully saturated rings. The van der Waals surface area contributed by atoms with Crippen molar-refractivity contribution >= 4 is 22.5 Å². The fourth-order valence-corrected chi connectivity index (χ4v) is 3.11. The standard InChI is InChI=1S/C24H21N3O3/c1-17(30-20-7-3-2-4-8-20)23(28)26-19-13-11-18(12-14-19)15-27-16-25-22-10-6-5-9-21(22)24(27)29/h2-14,16-17H,15H2,1H3,(H,26,28). The van der Waals surface area contributed by atoms with Crippen LogP contribution in [0.1, 0.15) is 12.5 Å². The van der Waals surface area contributed by atoms with Crippen molar-refractivity contribution in [2.45, 2.75) is 19.6 Å². The topological polar surface area (TPSA) is 73.2 Å². The van der Waals surface area contributed by atoms with E-state index in [-0.39, 0.29) is 11.5 Å². The van der Waals surface area contributed by atoms with E-state index in [4.69, 9.17) is 4.74 Å². The van der Waals surface area contributed by atoms with Gasteiger partial charge in [0.15, 0.2) is 6.10 Å². The van der Waals surface area contributed by atoms with Gasteiger partial charge in [0.05, 0.1) is 23.8 Å². The van der Waals surface area contributed by atoms with E-state index in [0.717, 1.165) is 5.56 Å². The maximum absolute atomic E-state index is 12.6. The molecule has 150 valence electrons. The van der Waals surface area contributed by atoms with Crippen molar-refractivity contribution in [3.05, 3.63) is 101 Å². The van der Waals surface area contributed by atoms with E-state index in [9.17, 15) is 9.59 Å². The minimum Gasteiger partial charge on any atom is -0.481 e. The number of aromatic nitrogens is 2. The van der Waals surface area contributed by atoms with E-state index in [1.54, 1.807) is 23.9 Å². The van der Waals surface area contributed by atoms with Gasteiger partial charge in [0.25, 0.3) is 11.5 Å². The van der Waals surface area contributed by atoms with E-state index in [1.807, 2.05) is 72.8 Å². The number of nitrogens with one attached hydrogen (secondary N) is 1. The first-order chi connectivity index (χ1) is 14.6. The summed E-state index contributed by atoms with van der Waals surface area (Å²) in [7, 11) is 0. The van der Waals surface area contributed by atoms with Crippen LogP contribution < -0.4 is 15.6 Å². The number of carbonyl (C=O) groups is 1. The molecule has 1 unspecified atom stereocenters. The van der Waals surface area contributed by atoms with Gasteiger partial charge in [-0.05, 0) is 48.9 Å². The molecule has 4 aromatic rings. The zero-order chi connectivity index (χ0) is 20.9. The van der Waals surface area contributed by atoms with Crippen LogP contribution in [0, 0.1) is 0 Å². The predicted molar refractivity (Wildman–Crippen MR) is 117 cm³/mol. The van der Waals surface area contributed by atoms with Crippen LogP contribution in [0.15, 0.2) is 90.0 Å². The molecule has 4 rings (SSSR count). The van der Waals surface area contributed by atoms with E-state index >= 15 is 0 Å². The Morgan fingerprint density at radius 1 is 1.00 bits per heavy atom. The molecule has 0 spiro atoms. The van der Waals surface area contributed by atoms with Crippen LogP contribution in [0.3, 0.4) is 0 Å². The number of carbonyl (C=O) groups excluding carboxylic acids is 1. The van der Waals surface area contributed by atoms with Gasteiger partial charge < -0.3 is 10.1 Å². The quantitative estimate of drug-likeness (QED) is 0.534. The number of rotatable bonds is 6. The van der Waals surface area contributed by atoms with Gasteiger partial charge in [-0.2, -0.15) is 0 Å². The average molecular weight is 399 g/mol. The molecule has 1 heterocycles. The van der Waals surface area contributed by atoms with Gasteiger partial charge in [-0.3, -0.25) is 14.2 Å². The molecule has 0 radical (unpaired) electrons. The average Bonchev–Trinajstić information content (AvgIpc) is 2.78. The summed E-state index contributed by atoms with van der Waals surface area (Å²) in [5.41, 5.74) is 2.20. The van der Waals surface area contributed by atoms with Crippen molar-refractivity contribution < 1.29 is 9.53 Å². The summed E-state index contributed by atoms with van der Waals surface area (Å²) in [6.07, 6.45) is 0.928. The van der Waals surface area contributed by atoms with Crippen molar-refractivity contribution in [2.75, 3.05) is 5.32 Å². The van der Waals surface area contributed by atoms with E-state index in [2.05, 4.69) is 10.3 Å². The summed E-state index contributed by atoms with van der Waals surface area (Å²) < 4.78 is 7.22. The number of ether oxygens (including phenoxy) is 1. The first kappa shape index (κ1) is 19.4. The Morgan fingerprint density at radius 3 is 2.47 bits per heavy atom. The lowest BCUT2D eigenvalue weighted by Crippen LogP contribution is -2.30. The second-order valence-electron chi connectivity index (χ2n) is 6.95. The first-order valence-electron chi connectivity index (χ1n) is 9.66. The van der Waals surface area contributed by atoms with Gasteiger partial charge >= 0.3 is 0 Å². The third kappa shape index (κ3) is 4.38. The van der Waals surface area contributed by atoms with Gasteiger partial charge in [0.1, 0.15) is 5.75 Å². The van der Waals surface area contributed by atoms with E-state index in [1.165, 1.54) is 0 Å². The minimum absolute atomic E-state index is 0.0788. The highest BCUT2D eigenvalue weighted by atomic mass is 16.5. The molecular formula is C24H21N3O3. The van der Waals surface area contributed by atoms with E-state index < -0.39 is 6.10 Å². The number of nitrogens with zero attached hydrogens (tertiary/aromatic N) is 2. The predicted octanol–water partition coefficient (Wildman–Crippen LogP) is 3.85. The van der Waals surface area contributed by atoms with Gasteiger partial charge in [-0.15, -0.1) is 0 Å². The van der Waals surface area contributed by atoms with Crippen LogP contribution in [-0.4, -0.2) is 21.6 Å². The second kappa shape index (κ2) is 8.61. The number of anilines is 1. The Bertz CT molecular complexity index is 1220. The van der Waals surface area contributed by atoms with Crippen molar-refractivity contribution in [1.82, 2.24) is 9.55 Å². The molecule has 30 heavy (non-hydrogen) atoms. The number of amides is 1. The summed E-state index contributed by atoms with van der Waals surface area (Å²) in [6, 6.07) is 23.9. The molecule has 6 heteroatoms. The molecule has 0 saturated heterocycles. The van der Waals surface area contributed by atoms with E-state index in [0.29, 0.717) is 28.9 Å². The lowest BCUT2D eigenvalue weighted by molar-refractivity contribution is -0.122. The highest BCUT2D eigenvalue weighted by Gasteiger charge is 2.14. The van der Waals surface area contributed by atoms with Crippen LogP contribution in [0.2, 0.25) is 0 Å². The molecule has 1 aromatic heterocycles. The molecule has 3 aromatic carbocycles. The Balaban J connectivity index is 1.41. The largest absolute Gasteiger partial charge is 0.481 e. The maximum Gasteiger partial charge on any atom is 0.265 e. The molecule has 1 atom stereocenters. The van der Waals surface area contributed by atoms with Crippen molar-refractivity contribution in [1.29, 1.82) is 0 Å². The maximum atomic E-state index is 12.6. The lowest BCUT2D eigenvalue weighted by atomic mass is 10.2. The molecule has 0 bridgehead atoms. The molecule has 6 nitrogen and oxygen atoms in total. The molecule has 0 aliphatic heterocycles. The normalized spacial score (nSPS) is 11.8. The number of fused-ring (bicyclic) bond motifs is 1. The number of hydrogen-bond donors (Lipinski definition) is 1. The number of benzene rings is 3. The Morgan fingerprint density at radius 2 is 1.70 bits per heavy atom. The Kier molecular flexibility index (Phi) is 5.57. The zero-order valence-electron chi connectivity index (χ0n) is 16.5. The van der Waals surface area contributed by atoms with Crippen LogP contribution in [0.4, 0.5) is 5.69 Å². The minimum atomic E-state index is -0.630. The van der Waals surface area contributed by atoms with Gasteiger partial charge in [-0.25, -0.2) is 4.98 Å². The third-order valence-corrected chi connectivity index (χ3v) is 4.73. The first-order valence-corrected chi connectivity index (χ1v) is 9.66. The summed E-state index contributed by atoms with van der Waals surface area (Å²) in [6.45, 7) is 2.11. The lowest BCUT2D eigenvalue weighted by Gasteiger charge is -2.15. The molecule has 0 aliphatic carbocycles. The van der Waals surface area contributed by atoms with Gasteiger partial charge in [0, 0.05) is 5.69 Å². The smallest absolute Gasteiger partial charge is 0.265 e. The van der Waals surface area contributed by atoms with Gasteiger partial charge in [0.2, 0.25) is 0 Å². The third-order valence-electron chi connectivity index (χ3n) is 4.73. The summed E-state index contributed by atoms with van der Waals surface area (Å²) >= 11 is 0. The number of para-hydroxylation sites is 2. The highest BCUT2D eigenvalue weighted by Crippen LogP contribution is 2.14. The summed E-state index contributed by atoms with van der Waals surface area (Å²) in [5.74, 6) is 0.409. The van der Waals surface area contributed by atoms with Crippen molar-refractivity contribution in [3.8, 4) is 5.75 Å². The van der Waals surface area contributed by atoms with Crippen LogP contribution in [0.5, 0.6) is 5.75 Å². The van der Waals surface area contributed by atoms with Crippen LogP contribution >= 0.6 is 0 Å². The molecular weight excluding hydrogens is 378 g/mol. The molecule has 1 N–H and O–H groups in total. The zero-order valence-corrected chi connectivity index (χ0v) is 16.5. The molecule has 0 aliphatic rings. The Hall–Kier alpha value is -3.93.